The SMILES string of the molecule is CCOC(=O)C(=O)c1ccc(C2CCCCC2)c(SC(C)=O)c1. The number of Topliss-reactive ketones (excluding diaryl/α,β-unsaturated/α-hetero) is 1. The highest BCUT2D eigenvalue weighted by Gasteiger charge is 2.23. The Kier molecular flexibility index (Phi) is 6.39. The van der Waals surface area contributed by atoms with Crippen LogP contribution in [0.2, 0.25) is 0 Å². The molecule has 2 rings (SSSR count). The molecule has 1 aromatic rings. The van der Waals surface area contributed by atoms with Crippen molar-refractivity contribution in [2.75, 3.05) is 6.61 Å². The molecule has 0 atom stereocenters. The van der Waals surface area contributed by atoms with Crippen molar-refractivity contribution in [2.45, 2.75) is 56.8 Å². The van der Waals surface area contributed by atoms with Crippen LogP contribution in [-0.4, -0.2) is 23.5 Å². The monoisotopic (exact) mass is 334 g/mol. The fourth-order valence-corrected chi connectivity index (χ4v) is 3.83. The average Bonchev–Trinajstić information content (AvgIpc) is 2.54. The van der Waals surface area contributed by atoms with E-state index < -0.39 is 11.8 Å². The van der Waals surface area contributed by atoms with E-state index in [0.717, 1.165) is 35.1 Å². The molecule has 0 bridgehead atoms. The van der Waals surface area contributed by atoms with Gasteiger partial charge in [0.05, 0.1) is 6.61 Å². The molecule has 5 heteroatoms. The molecule has 0 aliphatic heterocycles. The van der Waals surface area contributed by atoms with Crippen LogP contribution in [0.3, 0.4) is 0 Å². The van der Waals surface area contributed by atoms with Gasteiger partial charge < -0.3 is 4.74 Å². The van der Waals surface area contributed by atoms with Crippen LogP contribution in [0.15, 0.2) is 23.1 Å². The lowest BCUT2D eigenvalue weighted by Gasteiger charge is -2.24. The molecule has 0 amide bonds. The molecule has 0 saturated heterocycles. The van der Waals surface area contributed by atoms with Crippen molar-refractivity contribution < 1.29 is 19.1 Å². The zero-order valence-electron chi connectivity index (χ0n) is 13.6. The summed E-state index contributed by atoms with van der Waals surface area (Å²) in [5, 5.41) is -0.0252. The number of benzene rings is 1. The number of rotatable bonds is 5. The fraction of sp³-hybridized carbons (Fsp3) is 0.500. The topological polar surface area (TPSA) is 60.4 Å². The molecular weight excluding hydrogens is 312 g/mol. The molecule has 124 valence electrons. The Morgan fingerprint density at radius 2 is 1.87 bits per heavy atom. The van der Waals surface area contributed by atoms with Crippen LogP contribution in [0.4, 0.5) is 0 Å². The minimum absolute atomic E-state index is 0.0252. The van der Waals surface area contributed by atoms with Gasteiger partial charge in [-0.25, -0.2) is 4.79 Å². The van der Waals surface area contributed by atoms with Crippen LogP contribution in [0.1, 0.15) is 67.8 Å². The van der Waals surface area contributed by atoms with Gasteiger partial charge in [0.15, 0.2) is 5.12 Å². The van der Waals surface area contributed by atoms with E-state index in [2.05, 4.69) is 0 Å². The minimum Gasteiger partial charge on any atom is -0.460 e. The molecule has 1 aliphatic carbocycles. The van der Waals surface area contributed by atoms with E-state index in [1.54, 1.807) is 19.1 Å². The highest BCUT2D eigenvalue weighted by Crippen LogP contribution is 2.38. The highest BCUT2D eigenvalue weighted by molar-refractivity contribution is 8.13. The van der Waals surface area contributed by atoms with Crippen LogP contribution < -0.4 is 0 Å². The Morgan fingerprint density at radius 1 is 1.17 bits per heavy atom. The molecular formula is C18H22O4S. The van der Waals surface area contributed by atoms with E-state index in [1.165, 1.54) is 26.2 Å². The summed E-state index contributed by atoms with van der Waals surface area (Å²) in [5.41, 5.74) is 1.40. The van der Waals surface area contributed by atoms with Crippen molar-refractivity contribution in [1.82, 2.24) is 0 Å². The molecule has 1 aliphatic rings. The van der Waals surface area contributed by atoms with Gasteiger partial charge in [-0.05, 0) is 37.3 Å². The Hall–Kier alpha value is -1.62. The van der Waals surface area contributed by atoms with E-state index in [1.807, 2.05) is 6.07 Å². The largest absolute Gasteiger partial charge is 0.460 e. The fourth-order valence-electron chi connectivity index (χ4n) is 2.98. The number of thioether (sulfide) groups is 1. The van der Waals surface area contributed by atoms with Gasteiger partial charge in [0.1, 0.15) is 0 Å². The normalized spacial score (nSPS) is 15.2. The van der Waals surface area contributed by atoms with Gasteiger partial charge in [-0.3, -0.25) is 9.59 Å². The molecule has 1 saturated carbocycles. The highest BCUT2D eigenvalue weighted by atomic mass is 32.2. The summed E-state index contributed by atoms with van der Waals surface area (Å²) in [4.78, 5) is 36.1. The number of ketones is 1. The molecule has 23 heavy (non-hydrogen) atoms. The van der Waals surface area contributed by atoms with Gasteiger partial charge in [-0.1, -0.05) is 43.2 Å². The summed E-state index contributed by atoms with van der Waals surface area (Å²) < 4.78 is 4.76. The molecule has 4 nitrogen and oxygen atoms in total. The van der Waals surface area contributed by atoms with Crippen LogP contribution in [0, 0.1) is 0 Å². The lowest BCUT2D eigenvalue weighted by Crippen LogP contribution is -2.18. The Bertz CT molecular complexity index is 603. The first kappa shape index (κ1) is 17.7. The van der Waals surface area contributed by atoms with Crippen LogP contribution >= 0.6 is 11.8 Å². The number of hydrogen-bond donors (Lipinski definition) is 0. The molecule has 1 aromatic carbocycles. The van der Waals surface area contributed by atoms with Gasteiger partial charge in [0, 0.05) is 17.4 Å². The number of carbonyl (C=O) groups is 3. The molecule has 1 fully saturated rings. The minimum atomic E-state index is -0.850. The summed E-state index contributed by atoms with van der Waals surface area (Å²) in [6.45, 7) is 3.34. The second-order valence-electron chi connectivity index (χ2n) is 5.73. The maximum absolute atomic E-state index is 12.1. The second-order valence-corrected chi connectivity index (χ2v) is 6.95. The summed E-state index contributed by atoms with van der Waals surface area (Å²) >= 11 is 1.13. The predicted octanol–water partition coefficient (Wildman–Crippen LogP) is 4.12. The van der Waals surface area contributed by atoms with Gasteiger partial charge >= 0.3 is 5.97 Å². The standard InChI is InChI=1S/C18H22O4S/c1-3-22-18(21)17(20)14-9-10-15(13-7-5-4-6-8-13)16(11-14)23-12(2)19/h9-11,13H,3-8H2,1-2H3. The zero-order chi connectivity index (χ0) is 16.8. The Morgan fingerprint density at radius 3 is 2.48 bits per heavy atom. The van der Waals surface area contributed by atoms with E-state index in [4.69, 9.17) is 4.74 Å². The van der Waals surface area contributed by atoms with Crippen molar-refractivity contribution in [3.63, 3.8) is 0 Å². The van der Waals surface area contributed by atoms with Crippen molar-refractivity contribution in [3.8, 4) is 0 Å². The first-order valence-corrected chi connectivity index (χ1v) is 8.88. The summed E-state index contributed by atoms with van der Waals surface area (Å²) in [7, 11) is 0. The number of hydrogen-bond acceptors (Lipinski definition) is 5. The summed E-state index contributed by atoms with van der Waals surface area (Å²) in [6, 6.07) is 5.23. The number of carbonyl (C=O) groups excluding carboxylic acids is 3. The molecule has 0 radical (unpaired) electrons. The van der Waals surface area contributed by atoms with Gasteiger partial charge in [-0.15, -0.1) is 0 Å². The van der Waals surface area contributed by atoms with E-state index in [0.29, 0.717) is 5.92 Å². The summed E-state index contributed by atoms with van der Waals surface area (Å²) in [6.07, 6.45) is 5.86. The predicted molar refractivity (Wildman–Crippen MR) is 89.8 cm³/mol. The Balaban J connectivity index is 2.31. The van der Waals surface area contributed by atoms with Crippen molar-refractivity contribution in [1.29, 1.82) is 0 Å². The van der Waals surface area contributed by atoms with Crippen molar-refractivity contribution >= 4 is 28.6 Å². The van der Waals surface area contributed by atoms with Crippen LogP contribution in [0.25, 0.3) is 0 Å². The maximum atomic E-state index is 12.1. The number of ether oxygens (including phenoxy) is 1. The zero-order valence-corrected chi connectivity index (χ0v) is 14.4. The molecule has 0 N–H and O–H groups in total. The smallest absolute Gasteiger partial charge is 0.379 e. The molecule has 0 heterocycles. The lowest BCUT2D eigenvalue weighted by atomic mass is 9.83. The summed E-state index contributed by atoms with van der Waals surface area (Å²) in [5.74, 6) is -1.08. The molecule has 0 spiro atoms. The maximum Gasteiger partial charge on any atom is 0.379 e. The lowest BCUT2D eigenvalue weighted by molar-refractivity contribution is -0.137. The quantitative estimate of drug-likeness (QED) is 0.351. The van der Waals surface area contributed by atoms with Gasteiger partial charge in [0.25, 0.3) is 5.78 Å². The van der Waals surface area contributed by atoms with Crippen LogP contribution in [-0.2, 0) is 14.3 Å². The van der Waals surface area contributed by atoms with E-state index in [-0.39, 0.29) is 17.3 Å². The Labute approximate surface area is 141 Å². The molecule has 0 aromatic heterocycles. The van der Waals surface area contributed by atoms with Crippen molar-refractivity contribution in [3.05, 3.63) is 29.3 Å². The first-order chi connectivity index (χ1) is 11.0. The first-order valence-electron chi connectivity index (χ1n) is 8.06. The van der Waals surface area contributed by atoms with E-state index in [9.17, 15) is 14.4 Å². The van der Waals surface area contributed by atoms with Crippen LogP contribution in [0.5, 0.6) is 0 Å². The van der Waals surface area contributed by atoms with Gasteiger partial charge in [0.2, 0.25) is 0 Å². The number of esters is 1. The third-order valence-electron chi connectivity index (χ3n) is 4.04. The van der Waals surface area contributed by atoms with Gasteiger partial charge in [-0.2, -0.15) is 0 Å². The third kappa shape index (κ3) is 4.67. The third-order valence-corrected chi connectivity index (χ3v) is 4.90. The molecule has 0 unspecified atom stereocenters. The van der Waals surface area contributed by atoms with Crippen molar-refractivity contribution in [2.24, 2.45) is 0 Å². The second kappa shape index (κ2) is 8.29. The average molecular weight is 334 g/mol. The van der Waals surface area contributed by atoms with E-state index >= 15 is 0 Å².